The smallest absolute Gasteiger partial charge is 0.335 e. The second-order valence-corrected chi connectivity index (χ2v) is 5.56. The van der Waals surface area contributed by atoms with Crippen molar-refractivity contribution in [2.45, 2.75) is 4.90 Å². The van der Waals surface area contributed by atoms with E-state index in [1.807, 2.05) is 0 Å². The number of aromatic carboxylic acids is 1. The molecule has 7 nitrogen and oxygen atoms in total. The molecule has 0 saturated carbocycles. The number of ether oxygens (including phenoxy) is 1. The second-order valence-electron chi connectivity index (χ2n) is 3.60. The SMILES string of the molecule is CNC(=O)CS(=O)(=O)c1cc(C(=O)O)ccc1OC. The maximum absolute atomic E-state index is 12.0. The number of sulfone groups is 1. The number of carboxylic acids is 1. The van der Waals surface area contributed by atoms with E-state index in [1.54, 1.807) is 0 Å². The van der Waals surface area contributed by atoms with Crippen molar-refractivity contribution in [3.63, 3.8) is 0 Å². The van der Waals surface area contributed by atoms with E-state index in [2.05, 4.69) is 5.32 Å². The molecule has 0 radical (unpaired) electrons. The first-order chi connectivity index (χ1) is 8.81. The molecule has 0 aliphatic carbocycles. The van der Waals surface area contributed by atoms with Gasteiger partial charge in [0.15, 0.2) is 9.84 Å². The lowest BCUT2D eigenvalue weighted by Crippen LogP contribution is -2.27. The molecule has 1 rings (SSSR count). The highest BCUT2D eigenvalue weighted by Gasteiger charge is 2.24. The molecule has 1 aromatic carbocycles. The standard InChI is InChI=1S/C11H13NO6S/c1-12-10(13)6-19(16,17)9-5-7(11(14)15)3-4-8(9)18-2/h3-5H,6H2,1-2H3,(H,12,13)(H,14,15). The van der Waals surface area contributed by atoms with Gasteiger partial charge in [-0.15, -0.1) is 0 Å². The summed E-state index contributed by atoms with van der Waals surface area (Å²) in [7, 11) is -1.40. The number of rotatable bonds is 5. The van der Waals surface area contributed by atoms with Crippen molar-refractivity contribution < 1.29 is 27.9 Å². The number of methoxy groups -OCH3 is 1. The van der Waals surface area contributed by atoms with Crippen LogP contribution in [0.5, 0.6) is 5.75 Å². The minimum Gasteiger partial charge on any atom is -0.495 e. The molecule has 2 N–H and O–H groups in total. The van der Waals surface area contributed by atoms with Crippen molar-refractivity contribution in [3.05, 3.63) is 23.8 Å². The second kappa shape index (κ2) is 5.70. The van der Waals surface area contributed by atoms with Gasteiger partial charge < -0.3 is 15.2 Å². The molecule has 0 atom stereocenters. The van der Waals surface area contributed by atoms with Gasteiger partial charge in [0, 0.05) is 7.05 Å². The van der Waals surface area contributed by atoms with Gasteiger partial charge in [0.25, 0.3) is 0 Å². The Morgan fingerprint density at radius 1 is 1.37 bits per heavy atom. The van der Waals surface area contributed by atoms with Crippen LogP contribution in [-0.2, 0) is 14.6 Å². The molecule has 0 aliphatic rings. The van der Waals surface area contributed by atoms with E-state index in [0.29, 0.717) is 0 Å². The van der Waals surface area contributed by atoms with Crippen molar-refractivity contribution in [2.24, 2.45) is 0 Å². The third-order valence-electron chi connectivity index (χ3n) is 2.35. The number of nitrogens with one attached hydrogen (secondary N) is 1. The lowest BCUT2D eigenvalue weighted by atomic mass is 10.2. The van der Waals surface area contributed by atoms with E-state index < -0.39 is 27.5 Å². The van der Waals surface area contributed by atoms with Crippen LogP contribution in [-0.4, -0.2) is 45.3 Å². The molecule has 104 valence electrons. The molecule has 1 aromatic rings. The molecule has 0 spiro atoms. The van der Waals surface area contributed by atoms with Crippen LogP contribution in [0.3, 0.4) is 0 Å². The van der Waals surface area contributed by atoms with Crippen molar-refractivity contribution in [1.82, 2.24) is 5.32 Å². The summed E-state index contributed by atoms with van der Waals surface area (Å²) in [4.78, 5) is 21.7. The van der Waals surface area contributed by atoms with Crippen LogP contribution >= 0.6 is 0 Å². The van der Waals surface area contributed by atoms with Crippen molar-refractivity contribution in [2.75, 3.05) is 19.9 Å². The number of carboxylic acid groups (broad SMARTS) is 1. The number of benzene rings is 1. The minimum absolute atomic E-state index is 0.00565. The molecule has 0 aromatic heterocycles. The van der Waals surface area contributed by atoms with Crippen LogP contribution in [0.1, 0.15) is 10.4 Å². The Bertz CT molecular complexity index is 608. The first-order valence-electron chi connectivity index (χ1n) is 5.16. The predicted octanol–water partition coefficient (Wildman–Crippen LogP) is -0.0869. The summed E-state index contributed by atoms with van der Waals surface area (Å²) in [6.07, 6.45) is 0. The Hall–Kier alpha value is -2.09. The average molecular weight is 287 g/mol. The lowest BCUT2D eigenvalue weighted by molar-refractivity contribution is -0.118. The summed E-state index contributed by atoms with van der Waals surface area (Å²) < 4.78 is 28.9. The summed E-state index contributed by atoms with van der Waals surface area (Å²) in [6.45, 7) is 0. The Morgan fingerprint density at radius 3 is 2.47 bits per heavy atom. The van der Waals surface area contributed by atoms with Gasteiger partial charge in [-0.2, -0.15) is 0 Å². The fourth-order valence-electron chi connectivity index (χ4n) is 1.38. The Morgan fingerprint density at radius 2 is 2.00 bits per heavy atom. The van der Waals surface area contributed by atoms with Gasteiger partial charge in [-0.3, -0.25) is 4.79 Å². The zero-order valence-electron chi connectivity index (χ0n) is 10.3. The van der Waals surface area contributed by atoms with Crippen LogP contribution < -0.4 is 10.1 Å². The van der Waals surface area contributed by atoms with Crippen LogP contribution in [0.2, 0.25) is 0 Å². The van der Waals surface area contributed by atoms with Gasteiger partial charge in [0.2, 0.25) is 5.91 Å². The van der Waals surface area contributed by atoms with E-state index in [0.717, 1.165) is 6.07 Å². The maximum atomic E-state index is 12.0. The summed E-state index contributed by atoms with van der Waals surface area (Å²) in [5.74, 6) is -2.74. The van der Waals surface area contributed by atoms with Gasteiger partial charge in [-0.1, -0.05) is 0 Å². The summed E-state index contributed by atoms with van der Waals surface area (Å²) in [6, 6.07) is 3.43. The van der Waals surface area contributed by atoms with Gasteiger partial charge in [0.05, 0.1) is 12.7 Å². The highest BCUT2D eigenvalue weighted by atomic mass is 32.2. The highest BCUT2D eigenvalue weighted by Crippen LogP contribution is 2.26. The fraction of sp³-hybridized carbons (Fsp3) is 0.273. The number of amides is 1. The van der Waals surface area contributed by atoms with Crippen molar-refractivity contribution >= 4 is 21.7 Å². The van der Waals surface area contributed by atoms with Crippen molar-refractivity contribution in [3.8, 4) is 5.75 Å². The molecule has 0 unspecified atom stereocenters. The molecular weight excluding hydrogens is 274 g/mol. The molecule has 0 heterocycles. The fourth-order valence-corrected chi connectivity index (χ4v) is 2.78. The Kier molecular flexibility index (Phi) is 4.49. The van der Waals surface area contributed by atoms with E-state index in [-0.39, 0.29) is 16.2 Å². The lowest BCUT2D eigenvalue weighted by Gasteiger charge is -2.09. The number of hydrogen-bond donors (Lipinski definition) is 2. The van der Waals surface area contributed by atoms with E-state index in [9.17, 15) is 18.0 Å². The molecule has 1 amide bonds. The summed E-state index contributed by atoms with van der Waals surface area (Å²) >= 11 is 0. The Balaban J connectivity index is 3.34. The van der Waals surface area contributed by atoms with Gasteiger partial charge in [0.1, 0.15) is 16.4 Å². The Labute approximate surface area is 110 Å². The van der Waals surface area contributed by atoms with Gasteiger partial charge >= 0.3 is 5.97 Å². The third kappa shape index (κ3) is 3.44. The minimum atomic E-state index is -3.97. The monoisotopic (exact) mass is 287 g/mol. The zero-order chi connectivity index (χ0) is 14.6. The first kappa shape index (κ1) is 15.0. The quantitative estimate of drug-likeness (QED) is 0.783. The first-order valence-corrected chi connectivity index (χ1v) is 6.81. The largest absolute Gasteiger partial charge is 0.495 e. The number of hydrogen-bond acceptors (Lipinski definition) is 5. The van der Waals surface area contributed by atoms with Gasteiger partial charge in [-0.25, -0.2) is 13.2 Å². The average Bonchev–Trinajstić information content (AvgIpc) is 2.37. The molecule has 19 heavy (non-hydrogen) atoms. The number of carbonyl (C=O) groups is 2. The normalized spacial score (nSPS) is 10.8. The topological polar surface area (TPSA) is 110 Å². The van der Waals surface area contributed by atoms with Crippen molar-refractivity contribution in [1.29, 1.82) is 0 Å². The van der Waals surface area contributed by atoms with E-state index in [4.69, 9.17) is 9.84 Å². The van der Waals surface area contributed by atoms with E-state index >= 15 is 0 Å². The van der Waals surface area contributed by atoms with Crippen LogP contribution in [0.4, 0.5) is 0 Å². The zero-order valence-corrected chi connectivity index (χ0v) is 11.2. The van der Waals surface area contributed by atoms with Crippen LogP contribution in [0.15, 0.2) is 23.1 Å². The number of carbonyl (C=O) groups excluding carboxylic acids is 1. The molecule has 0 fully saturated rings. The molecule has 8 heteroatoms. The summed E-state index contributed by atoms with van der Waals surface area (Å²) in [5, 5.41) is 11.0. The van der Waals surface area contributed by atoms with Gasteiger partial charge in [-0.05, 0) is 18.2 Å². The molecular formula is C11H13NO6S. The predicted molar refractivity (Wildman–Crippen MR) is 66.1 cm³/mol. The van der Waals surface area contributed by atoms with Crippen LogP contribution in [0, 0.1) is 0 Å². The molecule has 0 aliphatic heterocycles. The third-order valence-corrected chi connectivity index (χ3v) is 3.98. The molecule has 0 bridgehead atoms. The maximum Gasteiger partial charge on any atom is 0.335 e. The van der Waals surface area contributed by atoms with Crippen LogP contribution in [0.25, 0.3) is 0 Å². The highest BCUT2D eigenvalue weighted by molar-refractivity contribution is 7.92. The molecule has 0 saturated heterocycles. The van der Waals surface area contributed by atoms with E-state index in [1.165, 1.54) is 26.3 Å². The summed E-state index contributed by atoms with van der Waals surface area (Å²) in [5.41, 5.74) is -0.198.